The molecule has 0 saturated carbocycles. The second-order valence-corrected chi connectivity index (χ2v) is 3.56. The number of nitrogens with two attached hydrogens (primary N) is 1. The molecule has 0 fully saturated rings. The van der Waals surface area contributed by atoms with E-state index in [2.05, 4.69) is 25.7 Å². The summed E-state index contributed by atoms with van der Waals surface area (Å²) in [5.41, 5.74) is 2.47. The second kappa shape index (κ2) is 5.26. The summed E-state index contributed by atoms with van der Waals surface area (Å²) >= 11 is 0. The molecular weight excluding hydrogens is 218 g/mol. The Morgan fingerprint density at radius 1 is 1.29 bits per heavy atom. The molecule has 90 valence electrons. The number of nitrogen functional groups attached to an aromatic ring is 1. The Morgan fingerprint density at radius 2 is 2.12 bits per heavy atom. The van der Waals surface area contributed by atoms with Gasteiger partial charge in [0.1, 0.15) is 23.8 Å². The van der Waals surface area contributed by atoms with Gasteiger partial charge in [0.2, 0.25) is 0 Å². The van der Waals surface area contributed by atoms with Gasteiger partial charge in [0, 0.05) is 38.5 Å². The van der Waals surface area contributed by atoms with Crippen LogP contribution < -0.4 is 16.6 Å². The molecule has 17 heavy (non-hydrogen) atoms. The highest BCUT2D eigenvalue weighted by Crippen LogP contribution is 2.07. The van der Waals surface area contributed by atoms with Crippen LogP contribution in [0.15, 0.2) is 24.8 Å². The summed E-state index contributed by atoms with van der Waals surface area (Å²) in [5.74, 6) is 7.62. The number of nitrogens with zero attached hydrogens (tertiary/aromatic N) is 4. The molecule has 2 aromatic rings. The Labute approximate surface area is 99.1 Å². The number of hydrazine groups is 1. The molecule has 0 aliphatic heterocycles. The molecule has 0 amide bonds. The lowest BCUT2D eigenvalue weighted by atomic mass is 10.4. The van der Waals surface area contributed by atoms with E-state index < -0.39 is 0 Å². The monoisotopic (exact) mass is 233 g/mol. The molecule has 0 unspecified atom stereocenters. The first-order valence-corrected chi connectivity index (χ1v) is 5.28. The minimum atomic E-state index is 0.583. The van der Waals surface area contributed by atoms with Crippen molar-refractivity contribution in [3.8, 4) is 0 Å². The van der Waals surface area contributed by atoms with Crippen molar-refractivity contribution in [2.75, 3.05) is 17.3 Å². The minimum absolute atomic E-state index is 0.583. The van der Waals surface area contributed by atoms with E-state index >= 15 is 0 Å². The maximum Gasteiger partial charge on any atom is 0.145 e. The molecule has 0 aromatic carbocycles. The number of imidazole rings is 1. The zero-order valence-corrected chi connectivity index (χ0v) is 9.59. The zero-order valence-electron chi connectivity index (χ0n) is 9.59. The van der Waals surface area contributed by atoms with E-state index in [4.69, 9.17) is 5.84 Å². The second-order valence-electron chi connectivity index (χ2n) is 3.56. The SMILES string of the molecule is Cn1ccnc1CCNc1cc(NN)ncn1. The summed E-state index contributed by atoms with van der Waals surface area (Å²) in [6.07, 6.45) is 6.00. The third-order valence-electron chi connectivity index (χ3n) is 2.39. The average Bonchev–Trinajstić information content (AvgIpc) is 2.76. The van der Waals surface area contributed by atoms with Crippen LogP contribution in [0.2, 0.25) is 0 Å². The van der Waals surface area contributed by atoms with Crippen LogP contribution in [0.1, 0.15) is 5.82 Å². The van der Waals surface area contributed by atoms with Crippen molar-refractivity contribution in [1.82, 2.24) is 19.5 Å². The van der Waals surface area contributed by atoms with Crippen LogP contribution in [-0.4, -0.2) is 26.1 Å². The van der Waals surface area contributed by atoms with E-state index in [0.29, 0.717) is 5.82 Å². The van der Waals surface area contributed by atoms with E-state index in [0.717, 1.165) is 24.6 Å². The fourth-order valence-corrected chi connectivity index (χ4v) is 1.47. The van der Waals surface area contributed by atoms with E-state index in [1.807, 2.05) is 17.8 Å². The smallest absolute Gasteiger partial charge is 0.145 e. The quantitative estimate of drug-likeness (QED) is 0.503. The molecule has 0 atom stereocenters. The number of aryl methyl sites for hydroxylation is 1. The lowest BCUT2D eigenvalue weighted by Crippen LogP contribution is -2.12. The van der Waals surface area contributed by atoms with Gasteiger partial charge in [0.25, 0.3) is 0 Å². The molecule has 0 aliphatic rings. The van der Waals surface area contributed by atoms with Crippen molar-refractivity contribution >= 4 is 11.6 Å². The largest absolute Gasteiger partial charge is 0.369 e. The molecule has 0 bridgehead atoms. The Hall–Kier alpha value is -2.15. The molecule has 0 spiro atoms. The highest BCUT2D eigenvalue weighted by Gasteiger charge is 2.00. The predicted octanol–water partition coefficient (Wildman–Crippen LogP) is 0.150. The molecule has 2 aromatic heterocycles. The van der Waals surface area contributed by atoms with Gasteiger partial charge in [-0.1, -0.05) is 0 Å². The van der Waals surface area contributed by atoms with Crippen LogP contribution >= 0.6 is 0 Å². The summed E-state index contributed by atoms with van der Waals surface area (Å²) in [6.45, 7) is 0.756. The van der Waals surface area contributed by atoms with Crippen LogP contribution in [0, 0.1) is 0 Å². The van der Waals surface area contributed by atoms with Gasteiger partial charge in [0.15, 0.2) is 0 Å². The summed E-state index contributed by atoms with van der Waals surface area (Å²) < 4.78 is 1.99. The fourth-order valence-electron chi connectivity index (χ4n) is 1.47. The summed E-state index contributed by atoms with van der Waals surface area (Å²) in [7, 11) is 1.98. The molecule has 2 heterocycles. The normalized spacial score (nSPS) is 10.2. The molecule has 0 saturated heterocycles. The molecule has 7 heteroatoms. The van der Waals surface area contributed by atoms with E-state index in [1.54, 1.807) is 12.3 Å². The van der Waals surface area contributed by atoms with Gasteiger partial charge < -0.3 is 15.3 Å². The van der Waals surface area contributed by atoms with Gasteiger partial charge in [-0.25, -0.2) is 20.8 Å². The lowest BCUT2D eigenvalue weighted by Gasteiger charge is -2.06. The van der Waals surface area contributed by atoms with Gasteiger partial charge in [0.05, 0.1) is 0 Å². The van der Waals surface area contributed by atoms with Gasteiger partial charge in [-0.3, -0.25) is 0 Å². The van der Waals surface area contributed by atoms with Gasteiger partial charge in [-0.15, -0.1) is 0 Å². The van der Waals surface area contributed by atoms with Gasteiger partial charge >= 0.3 is 0 Å². The summed E-state index contributed by atoms with van der Waals surface area (Å²) in [5, 5.41) is 3.18. The third-order valence-corrected chi connectivity index (χ3v) is 2.39. The maximum absolute atomic E-state index is 5.26. The Kier molecular flexibility index (Phi) is 3.51. The van der Waals surface area contributed by atoms with E-state index in [-0.39, 0.29) is 0 Å². The number of hydrogen-bond donors (Lipinski definition) is 3. The van der Waals surface area contributed by atoms with Crippen LogP contribution in [0.3, 0.4) is 0 Å². The van der Waals surface area contributed by atoms with E-state index in [1.165, 1.54) is 6.33 Å². The van der Waals surface area contributed by atoms with Crippen LogP contribution in [0.4, 0.5) is 11.6 Å². The van der Waals surface area contributed by atoms with Crippen molar-refractivity contribution in [1.29, 1.82) is 0 Å². The number of anilines is 2. The number of nitrogens with one attached hydrogen (secondary N) is 2. The molecular formula is C10H15N7. The number of rotatable bonds is 5. The van der Waals surface area contributed by atoms with Crippen molar-refractivity contribution in [2.45, 2.75) is 6.42 Å². The molecule has 0 radical (unpaired) electrons. The van der Waals surface area contributed by atoms with Crippen molar-refractivity contribution < 1.29 is 0 Å². The van der Waals surface area contributed by atoms with Crippen LogP contribution in [-0.2, 0) is 13.5 Å². The molecule has 2 rings (SSSR count). The first kappa shape index (κ1) is 11.3. The van der Waals surface area contributed by atoms with Crippen LogP contribution in [0.5, 0.6) is 0 Å². The first-order valence-electron chi connectivity index (χ1n) is 5.28. The molecule has 4 N–H and O–H groups in total. The lowest BCUT2D eigenvalue weighted by molar-refractivity contribution is 0.788. The summed E-state index contributed by atoms with van der Waals surface area (Å²) in [4.78, 5) is 12.2. The first-order chi connectivity index (χ1) is 8.29. The highest BCUT2D eigenvalue weighted by atomic mass is 15.3. The minimum Gasteiger partial charge on any atom is -0.369 e. The van der Waals surface area contributed by atoms with Gasteiger partial charge in [-0.05, 0) is 0 Å². The zero-order chi connectivity index (χ0) is 12.1. The Bertz CT molecular complexity index is 479. The summed E-state index contributed by atoms with van der Waals surface area (Å²) in [6, 6.07) is 1.75. The Morgan fingerprint density at radius 3 is 2.82 bits per heavy atom. The predicted molar refractivity (Wildman–Crippen MR) is 65.2 cm³/mol. The number of hydrogen-bond acceptors (Lipinski definition) is 6. The topological polar surface area (TPSA) is 93.7 Å². The van der Waals surface area contributed by atoms with E-state index in [9.17, 15) is 0 Å². The number of aromatic nitrogens is 4. The van der Waals surface area contributed by atoms with Crippen molar-refractivity contribution in [3.63, 3.8) is 0 Å². The van der Waals surface area contributed by atoms with Gasteiger partial charge in [-0.2, -0.15) is 0 Å². The third kappa shape index (κ3) is 2.91. The van der Waals surface area contributed by atoms with Crippen molar-refractivity contribution in [2.24, 2.45) is 12.9 Å². The fraction of sp³-hybridized carbons (Fsp3) is 0.300. The maximum atomic E-state index is 5.26. The van der Waals surface area contributed by atoms with Crippen molar-refractivity contribution in [3.05, 3.63) is 30.6 Å². The molecule has 7 nitrogen and oxygen atoms in total. The average molecular weight is 233 g/mol. The van der Waals surface area contributed by atoms with Crippen LogP contribution in [0.25, 0.3) is 0 Å². The Balaban J connectivity index is 1.87. The standard InChI is InChI=1S/C10H15N7/c1-17-5-4-13-10(17)2-3-12-8-6-9(16-11)15-7-14-8/h4-7H,2-3,11H2,1H3,(H2,12,14,15,16). The molecule has 0 aliphatic carbocycles. The highest BCUT2D eigenvalue weighted by molar-refractivity contribution is 5.45.